The van der Waals surface area contributed by atoms with Crippen LogP contribution in [0.5, 0.6) is 0 Å². The van der Waals surface area contributed by atoms with Crippen molar-refractivity contribution in [2.45, 2.75) is 25.3 Å². The Kier molecular flexibility index (Phi) is 3.63. The van der Waals surface area contributed by atoms with Crippen LogP contribution < -0.4 is 0 Å². The number of likely N-dealkylation sites (tertiary alicyclic amines) is 1. The normalized spacial score (nSPS) is 19.8. The Labute approximate surface area is 133 Å². The zero-order valence-corrected chi connectivity index (χ0v) is 13.5. The van der Waals surface area contributed by atoms with Gasteiger partial charge in [-0.2, -0.15) is 16.4 Å². The first-order chi connectivity index (χ1) is 10.8. The number of nitrogens with zero attached hydrogens (tertiary/aromatic N) is 5. The van der Waals surface area contributed by atoms with Crippen LogP contribution in [-0.2, 0) is 13.6 Å². The van der Waals surface area contributed by atoms with Gasteiger partial charge >= 0.3 is 0 Å². The first kappa shape index (κ1) is 13.8. The van der Waals surface area contributed by atoms with E-state index in [1.807, 2.05) is 11.7 Å². The quantitative estimate of drug-likeness (QED) is 0.746. The first-order valence-corrected chi connectivity index (χ1v) is 8.62. The molecular formula is C16H19N5S. The Bertz CT molecular complexity index is 764. The second-order valence-corrected chi connectivity index (χ2v) is 6.72. The molecule has 6 heteroatoms. The van der Waals surface area contributed by atoms with Crippen molar-refractivity contribution in [1.29, 1.82) is 0 Å². The second-order valence-electron chi connectivity index (χ2n) is 5.94. The van der Waals surface area contributed by atoms with E-state index in [4.69, 9.17) is 5.10 Å². The Hall–Kier alpha value is -1.79. The molecule has 114 valence electrons. The summed E-state index contributed by atoms with van der Waals surface area (Å²) >= 11 is 1.77. The summed E-state index contributed by atoms with van der Waals surface area (Å²) in [5.41, 5.74) is 4.37. The number of rotatable bonds is 3. The third kappa shape index (κ3) is 2.53. The van der Waals surface area contributed by atoms with Gasteiger partial charge in [0.2, 0.25) is 0 Å². The molecule has 0 aromatic carbocycles. The van der Waals surface area contributed by atoms with E-state index in [0.717, 1.165) is 29.9 Å². The average Bonchev–Trinajstić information content (AvgIpc) is 3.16. The molecule has 1 atom stereocenters. The highest BCUT2D eigenvalue weighted by atomic mass is 32.1. The number of aryl methyl sites for hydroxylation is 1. The van der Waals surface area contributed by atoms with Crippen LogP contribution in [-0.4, -0.2) is 37.7 Å². The molecule has 22 heavy (non-hydrogen) atoms. The number of hydrogen-bond donors (Lipinski definition) is 0. The fraction of sp³-hybridized carbons (Fsp3) is 0.438. The third-order valence-corrected chi connectivity index (χ3v) is 5.10. The minimum Gasteiger partial charge on any atom is -0.298 e. The van der Waals surface area contributed by atoms with Crippen molar-refractivity contribution >= 4 is 22.5 Å². The van der Waals surface area contributed by atoms with Crippen LogP contribution in [0.4, 0.5) is 0 Å². The lowest BCUT2D eigenvalue weighted by Gasteiger charge is -2.31. The molecule has 0 spiro atoms. The molecule has 0 unspecified atom stereocenters. The van der Waals surface area contributed by atoms with Crippen LogP contribution in [0.2, 0.25) is 0 Å². The monoisotopic (exact) mass is 313 g/mol. The van der Waals surface area contributed by atoms with Crippen LogP contribution in [0.15, 0.2) is 29.2 Å². The van der Waals surface area contributed by atoms with E-state index in [9.17, 15) is 0 Å². The maximum Gasteiger partial charge on any atom is 0.176 e. The summed E-state index contributed by atoms with van der Waals surface area (Å²) in [6.07, 6.45) is 5.90. The lowest BCUT2D eigenvalue weighted by atomic mass is 9.94. The summed E-state index contributed by atoms with van der Waals surface area (Å²) in [5.74, 6) is 0.452. The third-order valence-electron chi connectivity index (χ3n) is 4.36. The van der Waals surface area contributed by atoms with Gasteiger partial charge in [0, 0.05) is 38.4 Å². The van der Waals surface area contributed by atoms with Gasteiger partial charge < -0.3 is 0 Å². The molecule has 0 bridgehead atoms. The van der Waals surface area contributed by atoms with Gasteiger partial charge in [-0.15, -0.1) is 0 Å². The molecule has 1 aliphatic heterocycles. The van der Waals surface area contributed by atoms with Crippen LogP contribution in [0.25, 0.3) is 11.2 Å². The number of hydrogen-bond acceptors (Lipinski definition) is 5. The van der Waals surface area contributed by atoms with Gasteiger partial charge in [0.05, 0.1) is 5.69 Å². The lowest BCUT2D eigenvalue weighted by molar-refractivity contribution is 0.199. The van der Waals surface area contributed by atoms with Gasteiger partial charge in [0.25, 0.3) is 0 Å². The molecule has 1 aliphatic rings. The lowest BCUT2D eigenvalue weighted by Crippen LogP contribution is -2.34. The molecule has 1 fully saturated rings. The molecular weight excluding hydrogens is 294 g/mol. The Balaban J connectivity index is 1.58. The smallest absolute Gasteiger partial charge is 0.176 e. The van der Waals surface area contributed by atoms with E-state index >= 15 is 0 Å². The second kappa shape index (κ2) is 5.78. The van der Waals surface area contributed by atoms with Crippen molar-refractivity contribution in [3.05, 3.63) is 40.5 Å². The largest absolute Gasteiger partial charge is 0.298 e. The van der Waals surface area contributed by atoms with Crippen molar-refractivity contribution in [2.75, 3.05) is 13.1 Å². The molecule has 5 nitrogen and oxygen atoms in total. The van der Waals surface area contributed by atoms with E-state index in [1.165, 1.54) is 24.9 Å². The Morgan fingerprint density at radius 3 is 3.09 bits per heavy atom. The molecule has 0 N–H and O–H groups in total. The van der Waals surface area contributed by atoms with Gasteiger partial charge in [0.1, 0.15) is 5.52 Å². The van der Waals surface area contributed by atoms with E-state index in [1.54, 1.807) is 23.7 Å². The highest BCUT2D eigenvalue weighted by molar-refractivity contribution is 7.07. The predicted molar refractivity (Wildman–Crippen MR) is 87.9 cm³/mol. The van der Waals surface area contributed by atoms with Crippen LogP contribution in [0.3, 0.4) is 0 Å². The number of aromatic nitrogens is 4. The molecule has 0 amide bonds. The molecule has 0 radical (unpaired) electrons. The maximum atomic E-state index is 4.71. The number of thiophene rings is 1. The van der Waals surface area contributed by atoms with Crippen LogP contribution >= 0.6 is 11.3 Å². The molecule has 1 saturated heterocycles. The zero-order chi connectivity index (χ0) is 14.9. The highest BCUT2D eigenvalue weighted by Gasteiger charge is 2.26. The SMILES string of the molecule is Cn1nc([C@@H]2CCCN(Cc3ccsc3)C2)c2nccnc21. The molecule has 3 aromatic heterocycles. The summed E-state index contributed by atoms with van der Waals surface area (Å²) in [4.78, 5) is 11.5. The van der Waals surface area contributed by atoms with Gasteiger partial charge in [-0.05, 0) is 41.8 Å². The van der Waals surface area contributed by atoms with Crippen molar-refractivity contribution in [3.63, 3.8) is 0 Å². The van der Waals surface area contributed by atoms with E-state index in [-0.39, 0.29) is 0 Å². The summed E-state index contributed by atoms with van der Waals surface area (Å²) in [6, 6.07) is 2.22. The summed E-state index contributed by atoms with van der Waals surface area (Å²) in [5, 5.41) is 9.10. The number of piperidine rings is 1. The van der Waals surface area contributed by atoms with Crippen molar-refractivity contribution in [1.82, 2.24) is 24.6 Å². The molecule has 3 aromatic rings. The van der Waals surface area contributed by atoms with Gasteiger partial charge in [-0.1, -0.05) is 0 Å². The summed E-state index contributed by atoms with van der Waals surface area (Å²) in [6.45, 7) is 3.26. The molecule has 4 heterocycles. The molecule has 4 rings (SSSR count). The van der Waals surface area contributed by atoms with E-state index < -0.39 is 0 Å². The fourth-order valence-electron chi connectivity index (χ4n) is 3.34. The fourth-order valence-corrected chi connectivity index (χ4v) is 4.00. The van der Waals surface area contributed by atoms with Gasteiger partial charge in [0.15, 0.2) is 5.65 Å². The Morgan fingerprint density at radius 1 is 1.32 bits per heavy atom. The van der Waals surface area contributed by atoms with Gasteiger partial charge in [-0.3, -0.25) is 4.90 Å². The Morgan fingerprint density at radius 2 is 2.23 bits per heavy atom. The summed E-state index contributed by atoms with van der Waals surface area (Å²) in [7, 11) is 1.95. The highest BCUT2D eigenvalue weighted by Crippen LogP contribution is 2.30. The van der Waals surface area contributed by atoms with Crippen molar-refractivity contribution < 1.29 is 0 Å². The summed E-state index contributed by atoms with van der Waals surface area (Å²) < 4.78 is 1.86. The zero-order valence-electron chi connectivity index (χ0n) is 12.6. The topological polar surface area (TPSA) is 46.8 Å². The first-order valence-electron chi connectivity index (χ1n) is 7.68. The average molecular weight is 313 g/mol. The van der Waals surface area contributed by atoms with Crippen molar-refractivity contribution in [3.8, 4) is 0 Å². The minimum absolute atomic E-state index is 0.452. The standard InChI is InChI=1S/C16H19N5S/c1-20-16-15(17-5-6-18-16)14(19-20)13-3-2-7-21(10-13)9-12-4-8-22-11-12/h4-6,8,11,13H,2-3,7,9-10H2,1H3/t13-/m1/s1. The van der Waals surface area contributed by atoms with E-state index in [0.29, 0.717) is 5.92 Å². The van der Waals surface area contributed by atoms with Gasteiger partial charge in [-0.25, -0.2) is 14.6 Å². The van der Waals surface area contributed by atoms with Crippen LogP contribution in [0, 0.1) is 0 Å². The van der Waals surface area contributed by atoms with Crippen LogP contribution in [0.1, 0.15) is 30.0 Å². The molecule has 0 aliphatic carbocycles. The maximum absolute atomic E-state index is 4.71. The number of fused-ring (bicyclic) bond motifs is 1. The van der Waals surface area contributed by atoms with Crippen molar-refractivity contribution in [2.24, 2.45) is 7.05 Å². The van der Waals surface area contributed by atoms with E-state index in [2.05, 4.69) is 31.7 Å². The predicted octanol–water partition coefficient (Wildman–Crippen LogP) is 2.80. The minimum atomic E-state index is 0.452. The molecule has 0 saturated carbocycles.